The van der Waals surface area contributed by atoms with Gasteiger partial charge in [0.25, 0.3) is 0 Å². The minimum atomic E-state index is -0.726. The summed E-state index contributed by atoms with van der Waals surface area (Å²) in [5.41, 5.74) is 5.91. The van der Waals surface area contributed by atoms with Gasteiger partial charge in [-0.3, -0.25) is 4.79 Å². The van der Waals surface area contributed by atoms with Gasteiger partial charge in [-0.15, -0.1) is 0 Å². The van der Waals surface area contributed by atoms with Gasteiger partial charge < -0.3 is 16.4 Å². The quantitative estimate of drug-likeness (QED) is 0.783. The van der Waals surface area contributed by atoms with E-state index >= 15 is 0 Å². The Morgan fingerprint density at radius 1 is 1.10 bits per heavy atom. The van der Waals surface area contributed by atoms with E-state index in [0.717, 1.165) is 31.2 Å². The maximum atomic E-state index is 12.4. The van der Waals surface area contributed by atoms with Gasteiger partial charge in [-0.2, -0.15) is 0 Å². The number of hydrogen-bond acceptors (Lipinski definition) is 2. The Balaban J connectivity index is 2.05. The second kappa shape index (κ2) is 6.93. The SMILES string of the molecule is NC(=O)NC(C(=O)NC1CCCCC1)c1ccccc1. The lowest BCUT2D eigenvalue weighted by Gasteiger charge is -2.25. The average Bonchev–Trinajstić information content (AvgIpc) is 2.46. The molecule has 1 aromatic rings. The zero-order valence-electron chi connectivity index (χ0n) is 11.5. The Morgan fingerprint density at radius 2 is 1.75 bits per heavy atom. The molecular formula is C15H21N3O2. The van der Waals surface area contributed by atoms with Gasteiger partial charge in [-0.1, -0.05) is 49.6 Å². The molecule has 1 aliphatic carbocycles. The van der Waals surface area contributed by atoms with Gasteiger partial charge in [0.15, 0.2) is 0 Å². The van der Waals surface area contributed by atoms with Crippen molar-refractivity contribution in [3.63, 3.8) is 0 Å². The van der Waals surface area contributed by atoms with E-state index < -0.39 is 12.1 Å². The summed E-state index contributed by atoms with van der Waals surface area (Å²) in [6.45, 7) is 0. The highest BCUT2D eigenvalue weighted by atomic mass is 16.2. The fourth-order valence-electron chi connectivity index (χ4n) is 2.62. The third-order valence-electron chi connectivity index (χ3n) is 3.63. The summed E-state index contributed by atoms with van der Waals surface area (Å²) in [5, 5.41) is 5.53. The number of hydrogen-bond donors (Lipinski definition) is 3. The molecule has 5 nitrogen and oxygen atoms in total. The lowest BCUT2D eigenvalue weighted by molar-refractivity contribution is -0.124. The fourth-order valence-corrected chi connectivity index (χ4v) is 2.62. The summed E-state index contributed by atoms with van der Waals surface area (Å²) in [4.78, 5) is 23.5. The third-order valence-corrected chi connectivity index (χ3v) is 3.63. The molecule has 0 radical (unpaired) electrons. The first-order valence-electron chi connectivity index (χ1n) is 7.08. The Kier molecular flexibility index (Phi) is 4.98. The van der Waals surface area contributed by atoms with Gasteiger partial charge in [0.2, 0.25) is 5.91 Å². The van der Waals surface area contributed by atoms with Crippen LogP contribution in [0.2, 0.25) is 0 Å². The van der Waals surface area contributed by atoms with Crippen LogP contribution in [0.4, 0.5) is 4.79 Å². The first kappa shape index (κ1) is 14.4. The summed E-state index contributed by atoms with van der Waals surface area (Å²) in [6, 6.07) is 7.93. The maximum Gasteiger partial charge on any atom is 0.313 e. The van der Waals surface area contributed by atoms with Crippen molar-refractivity contribution in [2.24, 2.45) is 5.73 Å². The average molecular weight is 275 g/mol. The molecule has 5 heteroatoms. The molecule has 1 fully saturated rings. The van der Waals surface area contributed by atoms with Crippen LogP contribution >= 0.6 is 0 Å². The van der Waals surface area contributed by atoms with Crippen molar-refractivity contribution in [1.29, 1.82) is 0 Å². The number of carbonyl (C=O) groups is 2. The Labute approximate surface area is 118 Å². The summed E-state index contributed by atoms with van der Waals surface area (Å²) >= 11 is 0. The minimum Gasteiger partial charge on any atom is -0.352 e. The summed E-state index contributed by atoms with van der Waals surface area (Å²) in [6.07, 6.45) is 5.52. The van der Waals surface area contributed by atoms with Crippen molar-refractivity contribution >= 4 is 11.9 Å². The Hall–Kier alpha value is -2.04. The first-order chi connectivity index (χ1) is 9.66. The number of urea groups is 1. The molecule has 0 heterocycles. The highest BCUT2D eigenvalue weighted by molar-refractivity contribution is 5.87. The molecule has 2 rings (SSSR count). The van der Waals surface area contributed by atoms with E-state index in [1.807, 2.05) is 18.2 Å². The van der Waals surface area contributed by atoms with E-state index in [0.29, 0.717) is 0 Å². The van der Waals surface area contributed by atoms with Gasteiger partial charge in [0, 0.05) is 6.04 Å². The molecule has 1 unspecified atom stereocenters. The van der Waals surface area contributed by atoms with Crippen LogP contribution in [0.1, 0.15) is 43.7 Å². The lowest BCUT2D eigenvalue weighted by atomic mass is 9.95. The first-order valence-corrected chi connectivity index (χ1v) is 7.08. The predicted molar refractivity (Wildman–Crippen MR) is 76.9 cm³/mol. The van der Waals surface area contributed by atoms with Gasteiger partial charge in [0.05, 0.1) is 0 Å². The van der Waals surface area contributed by atoms with Crippen LogP contribution in [-0.4, -0.2) is 18.0 Å². The number of nitrogens with two attached hydrogens (primary N) is 1. The normalized spacial score (nSPS) is 17.2. The summed E-state index contributed by atoms with van der Waals surface area (Å²) < 4.78 is 0. The Morgan fingerprint density at radius 3 is 2.35 bits per heavy atom. The number of benzene rings is 1. The van der Waals surface area contributed by atoms with Crippen LogP contribution in [0.3, 0.4) is 0 Å². The molecule has 1 saturated carbocycles. The highest BCUT2D eigenvalue weighted by Crippen LogP contribution is 2.19. The molecule has 0 saturated heterocycles. The molecule has 0 aliphatic heterocycles. The van der Waals surface area contributed by atoms with E-state index in [9.17, 15) is 9.59 Å². The van der Waals surface area contributed by atoms with Crippen molar-refractivity contribution in [3.05, 3.63) is 35.9 Å². The van der Waals surface area contributed by atoms with E-state index in [2.05, 4.69) is 10.6 Å². The predicted octanol–water partition coefficient (Wildman–Crippen LogP) is 1.84. The number of primary amides is 1. The Bertz CT molecular complexity index is 455. The van der Waals surface area contributed by atoms with Crippen molar-refractivity contribution in [3.8, 4) is 0 Å². The number of amides is 3. The monoisotopic (exact) mass is 275 g/mol. The zero-order valence-corrected chi connectivity index (χ0v) is 11.5. The lowest BCUT2D eigenvalue weighted by Crippen LogP contribution is -2.46. The van der Waals surface area contributed by atoms with Crippen LogP contribution in [0.15, 0.2) is 30.3 Å². The number of carbonyl (C=O) groups excluding carboxylic acids is 2. The van der Waals surface area contributed by atoms with Crippen LogP contribution in [0.5, 0.6) is 0 Å². The summed E-state index contributed by atoms with van der Waals surface area (Å²) in [7, 11) is 0. The van der Waals surface area contributed by atoms with Crippen LogP contribution in [0.25, 0.3) is 0 Å². The van der Waals surface area contributed by atoms with Gasteiger partial charge in [-0.25, -0.2) is 4.79 Å². The van der Waals surface area contributed by atoms with Crippen LogP contribution < -0.4 is 16.4 Å². The number of rotatable bonds is 4. The third kappa shape index (κ3) is 3.98. The molecular weight excluding hydrogens is 254 g/mol. The molecule has 1 aliphatic rings. The zero-order chi connectivity index (χ0) is 14.4. The van der Waals surface area contributed by atoms with Gasteiger partial charge in [0.1, 0.15) is 6.04 Å². The van der Waals surface area contributed by atoms with Crippen molar-refractivity contribution in [2.45, 2.75) is 44.2 Å². The van der Waals surface area contributed by atoms with Crippen molar-refractivity contribution in [1.82, 2.24) is 10.6 Å². The molecule has 1 atom stereocenters. The molecule has 20 heavy (non-hydrogen) atoms. The highest BCUT2D eigenvalue weighted by Gasteiger charge is 2.24. The van der Waals surface area contributed by atoms with Crippen molar-refractivity contribution in [2.75, 3.05) is 0 Å². The van der Waals surface area contributed by atoms with Crippen LogP contribution in [-0.2, 0) is 4.79 Å². The smallest absolute Gasteiger partial charge is 0.313 e. The van der Waals surface area contributed by atoms with E-state index in [1.54, 1.807) is 12.1 Å². The van der Waals surface area contributed by atoms with E-state index in [4.69, 9.17) is 5.73 Å². The second-order valence-electron chi connectivity index (χ2n) is 5.20. The van der Waals surface area contributed by atoms with E-state index in [-0.39, 0.29) is 11.9 Å². The minimum absolute atomic E-state index is 0.193. The second-order valence-corrected chi connectivity index (χ2v) is 5.20. The van der Waals surface area contributed by atoms with Gasteiger partial charge >= 0.3 is 6.03 Å². The molecule has 0 spiro atoms. The van der Waals surface area contributed by atoms with Crippen LogP contribution in [0, 0.1) is 0 Å². The summed E-state index contributed by atoms with van der Waals surface area (Å²) in [5.74, 6) is -0.193. The largest absolute Gasteiger partial charge is 0.352 e. The molecule has 1 aromatic carbocycles. The molecule has 0 aromatic heterocycles. The standard InChI is InChI=1S/C15H21N3O2/c16-15(20)18-13(11-7-3-1-4-8-11)14(19)17-12-9-5-2-6-10-12/h1,3-4,7-8,12-13H,2,5-6,9-10H2,(H,17,19)(H3,16,18,20). The molecule has 4 N–H and O–H groups in total. The fraction of sp³-hybridized carbons (Fsp3) is 0.467. The topological polar surface area (TPSA) is 84.2 Å². The van der Waals surface area contributed by atoms with Crippen molar-refractivity contribution < 1.29 is 9.59 Å². The molecule has 0 bridgehead atoms. The maximum absolute atomic E-state index is 12.4. The molecule has 108 valence electrons. The number of nitrogens with one attached hydrogen (secondary N) is 2. The van der Waals surface area contributed by atoms with E-state index in [1.165, 1.54) is 6.42 Å². The molecule has 3 amide bonds. The van der Waals surface area contributed by atoms with Gasteiger partial charge in [-0.05, 0) is 18.4 Å².